The molecule has 23 heavy (non-hydrogen) atoms. The predicted octanol–water partition coefficient (Wildman–Crippen LogP) is 2.72. The summed E-state index contributed by atoms with van der Waals surface area (Å²) in [5.41, 5.74) is 6.49. The Morgan fingerprint density at radius 2 is 2.17 bits per heavy atom. The molecule has 6 nitrogen and oxygen atoms in total. The largest absolute Gasteiger partial charge is 0.488 e. The first kappa shape index (κ1) is 15.3. The number of nitrogens with two attached hydrogens (primary N) is 1. The number of nitrogen functional groups attached to an aromatic ring is 1. The number of aromatic nitrogens is 2. The number of benzene rings is 1. The first-order chi connectivity index (χ1) is 11.0. The third-order valence-electron chi connectivity index (χ3n) is 4.02. The number of amides is 1. The average molecular weight is 318 g/mol. The fourth-order valence-corrected chi connectivity index (χ4v) is 2.69. The number of aryl methyl sites for hydroxylation is 1. The van der Waals surface area contributed by atoms with E-state index in [-0.39, 0.29) is 17.5 Å². The molecular weight excluding hydrogens is 299 g/mol. The summed E-state index contributed by atoms with van der Waals surface area (Å²) >= 11 is 0. The van der Waals surface area contributed by atoms with Crippen LogP contribution in [0.1, 0.15) is 36.0 Å². The first-order valence-corrected chi connectivity index (χ1v) is 7.59. The van der Waals surface area contributed by atoms with Crippen LogP contribution >= 0.6 is 0 Å². The molecule has 1 aliphatic rings. The Morgan fingerprint density at radius 1 is 1.43 bits per heavy atom. The van der Waals surface area contributed by atoms with E-state index in [0.29, 0.717) is 11.4 Å². The fraction of sp³-hybridized carbons (Fsp3) is 0.375. The summed E-state index contributed by atoms with van der Waals surface area (Å²) in [5.74, 6) is -0.203. The van der Waals surface area contributed by atoms with Crippen molar-refractivity contribution >= 4 is 17.4 Å². The van der Waals surface area contributed by atoms with E-state index in [2.05, 4.69) is 10.4 Å². The second kappa shape index (κ2) is 6.28. The molecule has 7 heteroatoms. The van der Waals surface area contributed by atoms with E-state index >= 15 is 0 Å². The van der Waals surface area contributed by atoms with Crippen LogP contribution in [0.4, 0.5) is 15.9 Å². The van der Waals surface area contributed by atoms with Crippen molar-refractivity contribution in [1.29, 1.82) is 0 Å². The Morgan fingerprint density at radius 3 is 2.83 bits per heavy atom. The molecule has 1 aromatic heterocycles. The molecule has 0 atom stereocenters. The van der Waals surface area contributed by atoms with Crippen LogP contribution in [0.15, 0.2) is 24.4 Å². The molecule has 0 radical (unpaired) electrons. The van der Waals surface area contributed by atoms with E-state index in [1.807, 2.05) is 0 Å². The number of hydrogen-bond donors (Lipinski definition) is 2. The molecule has 0 unspecified atom stereocenters. The maximum atomic E-state index is 13.5. The Labute approximate surface area is 133 Å². The van der Waals surface area contributed by atoms with Crippen LogP contribution in [0.3, 0.4) is 0 Å². The van der Waals surface area contributed by atoms with E-state index in [4.69, 9.17) is 10.5 Å². The topological polar surface area (TPSA) is 82.2 Å². The van der Waals surface area contributed by atoms with Gasteiger partial charge in [-0.3, -0.25) is 9.48 Å². The quantitative estimate of drug-likeness (QED) is 0.908. The summed E-state index contributed by atoms with van der Waals surface area (Å²) in [6.45, 7) is 0. The Balaban J connectivity index is 1.81. The number of hydrogen-bond acceptors (Lipinski definition) is 4. The highest BCUT2D eigenvalue weighted by molar-refractivity contribution is 6.07. The van der Waals surface area contributed by atoms with Gasteiger partial charge in [0.1, 0.15) is 22.9 Å². The summed E-state index contributed by atoms with van der Waals surface area (Å²) in [6.07, 6.45) is 5.56. The maximum Gasteiger partial charge on any atom is 0.261 e. The number of nitrogens with one attached hydrogen (secondary N) is 1. The number of rotatable bonds is 4. The van der Waals surface area contributed by atoms with Gasteiger partial charge in [-0.2, -0.15) is 5.10 Å². The summed E-state index contributed by atoms with van der Waals surface area (Å²) in [7, 11) is 1.65. The molecule has 1 saturated carbocycles. The van der Waals surface area contributed by atoms with E-state index in [9.17, 15) is 9.18 Å². The van der Waals surface area contributed by atoms with Crippen molar-refractivity contribution in [1.82, 2.24) is 9.78 Å². The second-order valence-corrected chi connectivity index (χ2v) is 5.69. The van der Waals surface area contributed by atoms with E-state index in [1.54, 1.807) is 7.05 Å². The zero-order valence-corrected chi connectivity index (χ0v) is 12.9. The minimum absolute atomic E-state index is 0.0657. The number of carbonyl (C=O) groups excluding carboxylic acids is 1. The van der Waals surface area contributed by atoms with Gasteiger partial charge in [-0.15, -0.1) is 0 Å². The lowest BCUT2D eigenvalue weighted by Gasteiger charge is -2.17. The van der Waals surface area contributed by atoms with Gasteiger partial charge in [-0.1, -0.05) is 0 Å². The van der Waals surface area contributed by atoms with Gasteiger partial charge in [0.25, 0.3) is 5.91 Å². The molecule has 3 rings (SSSR count). The van der Waals surface area contributed by atoms with Crippen molar-refractivity contribution in [2.45, 2.75) is 31.8 Å². The van der Waals surface area contributed by atoms with Gasteiger partial charge in [0.15, 0.2) is 0 Å². The minimum Gasteiger partial charge on any atom is -0.488 e. The summed E-state index contributed by atoms with van der Waals surface area (Å²) < 4.78 is 20.8. The van der Waals surface area contributed by atoms with Crippen LogP contribution in [-0.4, -0.2) is 21.8 Å². The summed E-state index contributed by atoms with van der Waals surface area (Å²) in [4.78, 5) is 12.3. The molecule has 0 saturated heterocycles. The SMILES string of the molecule is Cn1ncc(C(=O)Nc2ccc(F)cc2OC2CCCC2)c1N. The van der Waals surface area contributed by atoms with Gasteiger partial charge < -0.3 is 15.8 Å². The molecule has 3 N–H and O–H groups in total. The highest BCUT2D eigenvalue weighted by Gasteiger charge is 2.20. The van der Waals surface area contributed by atoms with Gasteiger partial charge in [0.2, 0.25) is 0 Å². The van der Waals surface area contributed by atoms with Crippen molar-refractivity contribution in [3.05, 3.63) is 35.8 Å². The maximum absolute atomic E-state index is 13.5. The third kappa shape index (κ3) is 3.28. The minimum atomic E-state index is -0.406. The average Bonchev–Trinajstić information content (AvgIpc) is 3.13. The number of ether oxygens (including phenoxy) is 1. The van der Waals surface area contributed by atoms with Crippen molar-refractivity contribution in [2.75, 3.05) is 11.1 Å². The number of anilines is 2. The molecule has 1 amide bonds. The van der Waals surface area contributed by atoms with Crippen molar-refractivity contribution < 1.29 is 13.9 Å². The van der Waals surface area contributed by atoms with Gasteiger partial charge >= 0.3 is 0 Å². The van der Waals surface area contributed by atoms with Crippen LogP contribution in [0, 0.1) is 5.82 Å². The van der Waals surface area contributed by atoms with Gasteiger partial charge in [-0.05, 0) is 37.8 Å². The monoisotopic (exact) mass is 318 g/mol. The number of carbonyl (C=O) groups is 1. The molecule has 0 spiro atoms. The van der Waals surface area contributed by atoms with E-state index in [1.165, 1.54) is 29.1 Å². The van der Waals surface area contributed by atoms with Gasteiger partial charge in [-0.25, -0.2) is 4.39 Å². The summed E-state index contributed by atoms with van der Waals surface area (Å²) in [6, 6.07) is 4.06. The number of nitrogens with zero attached hydrogens (tertiary/aromatic N) is 2. The van der Waals surface area contributed by atoms with Gasteiger partial charge in [0.05, 0.1) is 18.0 Å². The molecule has 1 aromatic carbocycles. The Bertz CT molecular complexity index is 723. The Hall–Kier alpha value is -2.57. The molecule has 0 aliphatic heterocycles. The second-order valence-electron chi connectivity index (χ2n) is 5.69. The normalized spacial score (nSPS) is 14.9. The van der Waals surface area contributed by atoms with E-state index < -0.39 is 11.7 Å². The lowest BCUT2D eigenvalue weighted by molar-refractivity contribution is 0.102. The number of halogens is 1. The molecule has 0 bridgehead atoms. The van der Waals surface area contributed by atoms with Crippen LogP contribution in [0.5, 0.6) is 5.75 Å². The molecule has 1 fully saturated rings. The molecular formula is C16H19FN4O2. The zero-order valence-electron chi connectivity index (χ0n) is 12.9. The fourth-order valence-electron chi connectivity index (χ4n) is 2.69. The standard InChI is InChI=1S/C16H19FN4O2/c1-21-15(18)12(9-19-21)16(22)20-13-7-6-10(17)8-14(13)23-11-4-2-3-5-11/h6-9,11H,2-5,18H2,1H3,(H,20,22). The van der Waals surface area contributed by atoms with E-state index in [0.717, 1.165) is 25.7 Å². The molecule has 1 heterocycles. The third-order valence-corrected chi connectivity index (χ3v) is 4.02. The van der Waals surface area contributed by atoms with Gasteiger partial charge in [0, 0.05) is 13.1 Å². The van der Waals surface area contributed by atoms with Crippen molar-refractivity contribution in [3.63, 3.8) is 0 Å². The van der Waals surface area contributed by atoms with Crippen LogP contribution < -0.4 is 15.8 Å². The van der Waals surface area contributed by atoms with Crippen LogP contribution in [-0.2, 0) is 7.05 Å². The first-order valence-electron chi connectivity index (χ1n) is 7.59. The van der Waals surface area contributed by atoms with Crippen molar-refractivity contribution in [2.24, 2.45) is 7.05 Å². The highest BCUT2D eigenvalue weighted by atomic mass is 19.1. The smallest absolute Gasteiger partial charge is 0.261 e. The van der Waals surface area contributed by atoms with Crippen molar-refractivity contribution in [3.8, 4) is 5.75 Å². The van der Waals surface area contributed by atoms with Crippen LogP contribution in [0.2, 0.25) is 0 Å². The lowest BCUT2D eigenvalue weighted by Crippen LogP contribution is -2.17. The summed E-state index contributed by atoms with van der Waals surface area (Å²) in [5, 5.41) is 6.66. The molecule has 1 aliphatic carbocycles. The lowest BCUT2D eigenvalue weighted by atomic mass is 10.2. The predicted molar refractivity (Wildman–Crippen MR) is 84.9 cm³/mol. The Kier molecular flexibility index (Phi) is 4.18. The molecule has 122 valence electrons. The highest BCUT2D eigenvalue weighted by Crippen LogP contribution is 2.31. The molecule has 2 aromatic rings. The zero-order chi connectivity index (χ0) is 16.4. The van der Waals surface area contributed by atoms with Crippen LogP contribution in [0.25, 0.3) is 0 Å².